The molecule has 0 N–H and O–H groups in total. The van der Waals surface area contributed by atoms with Crippen LogP contribution >= 0.6 is 0 Å². The molecule has 0 unspecified atom stereocenters. The van der Waals surface area contributed by atoms with E-state index in [1.807, 2.05) is 0 Å². The van der Waals surface area contributed by atoms with Crippen LogP contribution in [0.2, 0.25) is 0 Å². The molecule has 0 amide bonds. The fourth-order valence-electron chi connectivity index (χ4n) is 1.57. The minimum absolute atomic E-state index is 0. The van der Waals surface area contributed by atoms with Gasteiger partial charge in [-0.1, -0.05) is 17.3 Å². The first kappa shape index (κ1) is 18.7. The Hall–Kier alpha value is -0.359. The van der Waals surface area contributed by atoms with Gasteiger partial charge in [-0.25, -0.2) is 0 Å². The molecule has 0 radical (unpaired) electrons. The summed E-state index contributed by atoms with van der Waals surface area (Å²) < 4.78 is 75.4. The van der Waals surface area contributed by atoms with Crippen LogP contribution in [0.3, 0.4) is 0 Å². The van der Waals surface area contributed by atoms with Crippen LogP contribution in [0.25, 0.3) is 0 Å². The Kier molecular flexibility index (Phi) is 6.07. The second-order valence-corrected chi connectivity index (χ2v) is 4.11. The van der Waals surface area contributed by atoms with Crippen LogP contribution in [0.15, 0.2) is 30.5 Å². The van der Waals surface area contributed by atoms with Crippen molar-refractivity contribution < 1.29 is 77.5 Å². The maximum atomic E-state index is 12.5. The molecule has 0 aliphatic rings. The molecule has 0 aliphatic carbocycles. The van der Waals surface area contributed by atoms with Crippen molar-refractivity contribution in [3.05, 3.63) is 41.6 Å². The van der Waals surface area contributed by atoms with E-state index >= 15 is 0 Å². The molecule has 0 aliphatic heterocycles. The zero-order valence-corrected chi connectivity index (χ0v) is 13.9. The van der Waals surface area contributed by atoms with Gasteiger partial charge in [0.25, 0.3) is 0 Å². The van der Waals surface area contributed by atoms with Crippen LogP contribution in [-0.4, -0.2) is 22.0 Å². The molecular formula is C10H7BF6KN3. The number of hydrogen-bond donors (Lipinski definition) is 0. The molecule has 3 nitrogen and oxygen atoms in total. The summed E-state index contributed by atoms with van der Waals surface area (Å²) in [4.78, 5) is 0. The molecule has 0 bridgehead atoms. The van der Waals surface area contributed by atoms with Crippen molar-refractivity contribution in [3.8, 4) is 0 Å². The van der Waals surface area contributed by atoms with E-state index in [-0.39, 0.29) is 63.5 Å². The summed E-state index contributed by atoms with van der Waals surface area (Å²) in [5.74, 6) is 0. The molecule has 108 valence electrons. The Morgan fingerprint density at radius 2 is 1.81 bits per heavy atom. The smallest absolute Gasteiger partial charge is 0.444 e. The number of nitrogens with zero attached hydrogens (tertiary/aromatic N) is 3. The minimum atomic E-state index is -5.27. The Morgan fingerprint density at radius 3 is 2.33 bits per heavy atom. The zero-order chi connectivity index (χ0) is 15.0. The van der Waals surface area contributed by atoms with Crippen molar-refractivity contribution in [2.45, 2.75) is 12.7 Å². The maximum absolute atomic E-state index is 12.5. The quantitative estimate of drug-likeness (QED) is 0.555. The number of halogens is 6. The second-order valence-electron chi connectivity index (χ2n) is 4.11. The van der Waals surface area contributed by atoms with Crippen molar-refractivity contribution in [3.63, 3.8) is 0 Å². The number of hydrogen-bond acceptors (Lipinski definition) is 2. The minimum Gasteiger partial charge on any atom is -0.444 e. The third kappa shape index (κ3) is 5.09. The van der Waals surface area contributed by atoms with E-state index in [0.29, 0.717) is 6.20 Å². The van der Waals surface area contributed by atoms with Crippen LogP contribution in [-0.2, 0) is 12.7 Å². The van der Waals surface area contributed by atoms with Crippen LogP contribution in [0.5, 0.6) is 0 Å². The summed E-state index contributed by atoms with van der Waals surface area (Å²) >= 11 is 0. The van der Waals surface area contributed by atoms with Gasteiger partial charge in [-0.15, -0.1) is 0 Å². The van der Waals surface area contributed by atoms with E-state index in [1.165, 1.54) is 12.1 Å². The monoisotopic (exact) mass is 333 g/mol. The van der Waals surface area contributed by atoms with Crippen LogP contribution in [0.4, 0.5) is 26.1 Å². The van der Waals surface area contributed by atoms with Gasteiger partial charge in [-0.2, -0.15) is 18.3 Å². The molecule has 1 aromatic carbocycles. The Bertz CT molecular complexity index is 609. The van der Waals surface area contributed by atoms with Crippen LogP contribution in [0.1, 0.15) is 11.1 Å². The number of rotatable bonds is 3. The average molecular weight is 333 g/mol. The van der Waals surface area contributed by atoms with E-state index < -0.39 is 24.3 Å². The van der Waals surface area contributed by atoms with Gasteiger partial charge >= 0.3 is 64.5 Å². The first-order chi connectivity index (χ1) is 9.16. The summed E-state index contributed by atoms with van der Waals surface area (Å²) in [6.07, 6.45) is -3.83. The maximum Gasteiger partial charge on any atom is 1.00 e. The van der Waals surface area contributed by atoms with E-state index in [4.69, 9.17) is 0 Å². The normalized spacial score (nSPS) is 12.1. The van der Waals surface area contributed by atoms with Crippen LogP contribution in [0, 0.1) is 0 Å². The average Bonchev–Trinajstić information content (AvgIpc) is 2.76. The van der Waals surface area contributed by atoms with Crippen molar-refractivity contribution >= 4 is 12.6 Å². The van der Waals surface area contributed by atoms with Gasteiger partial charge in [0.05, 0.1) is 12.1 Å². The summed E-state index contributed by atoms with van der Waals surface area (Å²) in [6.45, 7) is -5.49. The Balaban J connectivity index is 0.00000220. The predicted octanol–water partition coefficient (Wildman–Crippen LogP) is -0.596. The third-order valence-corrected chi connectivity index (χ3v) is 2.49. The van der Waals surface area contributed by atoms with Crippen molar-refractivity contribution in [1.29, 1.82) is 0 Å². The van der Waals surface area contributed by atoms with E-state index in [9.17, 15) is 26.1 Å². The Morgan fingerprint density at radius 1 is 1.14 bits per heavy atom. The van der Waals surface area contributed by atoms with E-state index in [1.54, 1.807) is 0 Å². The van der Waals surface area contributed by atoms with Gasteiger partial charge in [0.15, 0.2) is 0 Å². The zero-order valence-electron chi connectivity index (χ0n) is 10.8. The van der Waals surface area contributed by atoms with Gasteiger partial charge in [-0.3, -0.25) is 4.68 Å². The summed E-state index contributed by atoms with van der Waals surface area (Å²) in [6, 6.07) is 4.30. The Labute approximate surface area is 158 Å². The van der Waals surface area contributed by atoms with Crippen LogP contribution < -0.4 is 57.0 Å². The van der Waals surface area contributed by atoms with E-state index in [2.05, 4.69) is 10.3 Å². The molecule has 0 saturated carbocycles. The number of aromatic nitrogens is 3. The molecule has 1 heterocycles. The standard InChI is InChI=1S/C10H7BF6N3.K/c12-10(13,14)8-3-1-2-7(4-8)5-20-6-9(18-19-20)11(15,16)17;/h1-4,6H,5H2;/q-1;+1. The van der Waals surface area contributed by atoms with Gasteiger partial charge in [0.1, 0.15) is 0 Å². The number of alkyl halides is 3. The first-order valence-corrected chi connectivity index (χ1v) is 5.42. The van der Waals surface area contributed by atoms with Crippen molar-refractivity contribution in [1.82, 2.24) is 15.0 Å². The second kappa shape index (κ2) is 6.82. The molecule has 11 heteroatoms. The molecular weight excluding hydrogens is 326 g/mol. The van der Waals surface area contributed by atoms with E-state index in [0.717, 1.165) is 16.8 Å². The molecule has 2 rings (SSSR count). The molecule has 0 spiro atoms. The first-order valence-electron chi connectivity index (χ1n) is 5.42. The largest absolute Gasteiger partial charge is 1.00 e. The van der Waals surface area contributed by atoms with Crippen molar-refractivity contribution in [2.75, 3.05) is 0 Å². The molecule has 21 heavy (non-hydrogen) atoms. The van der Waals surface area contributed by atoms with Gasteiger partial charge in [0.2, 0.25) is 0 Å². The molecule has 0 saturated heterocycles. The van der Waals surface area contributed by atoms with Gasteiger partial charge in [0, 0.05) is 11.8 Å². The SMILES string of the molecule is F[B-](F)(F)c1cn(Cc2cccc(C(F)(F)F)c2)nn1.[K+]. The molecule has 2 aromatic rings. The molecule has 0 fully saturated rings. The predicted molar refractivity (Wildman–Crippen MR) is 59.3 cm³/mol. The van der Waals surface area contributed by atoms with Crippen molar-refractivity contribution in [2.24, 2.45) is 0 Å². The summed E-state index contributed by atoms with van der Waals surface area (Å²) in [5, 5.41) is 6.20. The van der Waals surface area contributed by atoms with Gasteiger partial charge < -0.3 is 12.9 Å². The summed E-state index contributed by atoms with van der Waals surface area (Å²) in [5.41, 5.74) is -1.81. The third-order valence-electron chi connectivity index (χ3n) is 2.49. The van der Waals surface area contributed by atoms with Gasteiger partial charge in [-0.05, 0) is 17.7 Å². The topological polar surface area (TPSA) is 30.7 Å². The fourth-order valence-corrected chi connectivity index (χ4v) is 1.57. The molecule has 0 atom stereocenters. The number of benzene rings is 1. The summed E-state index contributed by atoms with van der Waals surface area (Å²) in [7, 11) is 0. The fraction of sp³-hybridized carbons (Fsp3) is 0.200. The molecule has 1 aromatic heterocycles.